The highest BCUT2D eigenvalue weighted by Gasteiger charge is 2.16. The maximum Gasteiger partial charge on any atom is 0.240 e. The molecule has 4 N–H and O–H groups in total. The summed E-state index contributed by atoms with van der Waals surface area (Å²) in [6.45, 7) is 1.98. The number of rotatable bonds is 6. The summed E-state index contributed by atoms with van der Waals surface area (Å²) >= 11 is 0. The van der Waals surface area contributed by atoms with Gasteiger partial charge in [0.25, 0.3) is 0 Å². The highest BCUT2D eigenvalue weighted by Crippen LogP contribution is 2.16. The van der Waals surface area contributed by atoms with E-state index in [1.165, 1.54) is 6.07 Å². The van der Waals surface area contributed by atoms with Crippen molar-refractivity contribution in [3.63, 3.8) is 0 Å². The standard InChI is InChI=1S/C11H17FN2O3S/c1-8(2-3-15)7-14-18(16,17)11-5-9(12)4-10(13)6-11/h4-6,8,14-15H,2-3,7,13H2,1H3. The first kappa shape index (κ1) is 14.9. The molecule has 102 valence electrons. The fraction of sp³-hybridized carbons (Fsp3) is 0.455. The van der Waals surface area contributed by atoms with Crippen molar-refractivity contribution < 1.29 is 17.9 Å². The molecular formula is C11H17FN2O3S. The van der Waals surface area contributed by atoms with Crippen LogP contribution in [0.15, 0.2) is 23.1 Å². The van der Waals surface area contributed by atoms with Crippen LogP contribution in [0.4, 0.5) is 10.1 Å². The number of benzene rings is 1. The summed E-state index contributed by atoms with van der Waals surface area (Å²) in [6, 6.07) is 3.16. The van der Waals surface area contributed by atoms with Crippen LogP contribution in [0.3, 0.4) is 0 Å². The lowest BCUT2D eigenvalue weighted by Crippen LogP contribution is -2.29. The first-order valence-corrected chi connectivity index (χ1v) is 7.00. The van der Waals surface area contributed by atoms with Gasteiger partial charge in [-0.2, -0.15) is 0 Å². The summed E-state index contributed by atoms with van der Waals surface area (Å²) in [7, 11) is -3.77. The molecule has 18 heavy (non-hydrogen) atoms. The molecular weight excluding hydrogens is 259 g/mol. The maximum atomic E-state index is 13.1. The number of hydrogen-bond donors (Lipinski definition) is 3. The number of sulfonamides is 1. The van der Waals surface area contributed by atoms with E-state index in [1.54, 1.807) is 6.92 Å². The van der Waals surface area contributed by atoms with Gasteiger partial charge in [-0.1, -0.05) is 6.92 Å². The van der Waals surface area contributed by atoms with Crippen molar-refractivity contribution in [1.29, 1.82) is 0 Å². The van der Waals surface area contributed by atoms with Crippen LogP contribution >= 0.6 is 0 Å². The Hall–Kier alpha value is -1.18. The lowest BCUT2D eigenvalue weighted by atomic mass is 10.1. The van der Waals surface area contributed by atoms with Gasteiger partial charge in [-0.3, -0.25) is 0 Å². The molecule has 0 aromatic heterocycles. The van der Waals surface area contributed by atoms with E-state index in [0.717, 1.165) is 12.1 Å². The van der Waals surface area contributed by atoms with Crippen LogP contribution in [0, 0.1) is 11.7 Å². The van der Waals surface area contributed by atoms with Gasteiger partial charge in [-0.05, 0) is 30.5 Å². The molecule has 1 unspecified atom stereocenters. The van der Waals surface area contributed by atoms with Crippen molar-refractivity contribution in [3.05, 3.63) is 24.0 Å². The number of anilines is 1. The fourth-order valence-electron chi connectivity index (χ4n) is 1.40. The second-order valence-corrected chi connectivity index (χ2v) is 5.96. The molecule has 0 heterocycles. The molecule has 1 rings (SSSR count). The van der Waals surface area contributed by atoms with Crippen molar-refractivity contribution in [3.8, 4) is 0 Å². The number of nitrogens with two attached hydrogens (primary N) is 1. The smallest absolute Gasteiger partial charge is 0.240 e. The number of aliphatic hydroxyl groups is 1. The van der Waals surface area contributed by atoms with Gasteiger partial charge < -0.3 is 10.8 Å². The number of hydrogen-bond acceptors (Lipinski definition) is 4. The highest BCUT2D eigenvalue weighted by atomic mass is 32.2. The first-order chi connectivity index (χ1) is 8.35. The zero-order chi connectivity index (χ0) is 13.8. The second-order valence-electron chi connectivity index (χ2n) is 4.19. The molecule has 0 aliphatic carbocycles. The van der Waals surface area contributed by atoms with Crippen molar-refractivity contribution in [1.82, 2.24) is 4.72 Å². The van der Waals surface area contributed by atoms with Crippen molar-refractivity contribution >= 4 is 15.7 Å². The highest BCUT2D eigenvalue weighted by molar-refractivity contribution is 7.89. The maximum absolute atomic E-state index is 13.1. The molecule has 0 amide bonds. The zero-order valence-electron chi connectivity index (χ0n) is 10.1. The zero-order valence-corrected chi connectivity index (χ0v) is 10.9. The lowest BCUT2D eigenvalue weighted by molar-refractivity contribution is 0.263. The van der Waals surface area contributed by atoms with Crippen LogP contribution < -0.4 is 10.5 Å². The molecule has 1 atom stereocenters. The normalized spacial score (nSPS) is 13.5. The summed E-state index contributed by atoms with van der Waals surface area (Å²) in [6.07, 6.45) is 0.494. The third kappa shape index (κ3) is 4.25. The quantitative estimate of drug-likeness (QED) is 0.667. The van der Waals surface area contributed by atoms with E-state index < -0.39 is 15.8 Å². The summed E-state index contributed by atoms with van der Waals surface area (Å²) in [4.78, 5) is -0.198. The second kappa shape index (κ2) is 6.12. The van der Waals surface area contributed by atoms with Crippen LogP contribution in [0.5, 0.6) is 0 Å². The number of halogens is 1. The number of aliphatic hydroxyl groups excluding tert-OH is 1. The van der Waals surface area contributed by atoms with Gasteiger partial charge in [0.2, 0.25) is 10.0 Å². The predicted octanol–water partition coefficient (Wildman–Crippen LogP) is 0.705. The van der Waals surface area contributed by atoms with Crippen molar-refractivity contribution in [2.75, 3.05) is 18.9 Å². The van der Waals surface area contributed by atoms with Crippen LogP contribution in [-0.2, 0) is 10.0 Å². The van der Waals surface area contributed by atoms with E-state index in [2.05, 4.69) is 4.72 Å². The topological polar surface area (TPSA) is 92.4 Å². The third-order valence-corrected chi connectivity index (χ3v) is 3.85. The van der Waals surface area contributed by atoms with Gasteiger partial charge >= 0.3 is 0 Å². The minimum Gasteiger partial charge on any atom is -0.399 e. The van der Waals surface area contributed by atoms with Gasteiger partial charge in [0, 0.05) is 18.8 Å². The Balaban J connectivity index is 2.80. The SMILES string of the molecule is CC(CCO)CNS(=O)(=O)c1cc(N)cc(F)c1. The monoisotopic (exact) mass is 276 g/mol. The molecule has 1 aromatic rings. The molecule has 0 aliphatic rings. The Kier molecular flexibility index (Phi) is 5.06. The largest absolute Gasteiger partial charge is 0.399 e. The van der Waals surface area contributed by atoms with E-state index in [0.29, 0.717) is 6.42 Å². The molecule has 0 fully saturated rings. The molecule has 0 spiro atoms. The molecule has 0 saturated heterocycles. The minimum atomic E-state index is -3.77. The molecule has 1 aromatic carbocycles. The van der Waals surface area contributed by atoms with E-state index >= 15 is 0 Å². The van der Waals surface area contributed by atoms with E-state index in [1.807, 2.05) is 0 Å². The fourth-order valence-corrected chi connectivity index (χ4v) is 2.63. The predicted molar refractivity (Wildman–Crippen MR) is 66.9 cm³/mol. The Morgan fingerprint density at radius 3 is 2.67 bits per heavy atom. The van der Waals surface area contributed by atoms with Crippen LogP contribution in [0.25, 0.3) is 0 Å². The van der Waals surface area contributed by atoms with Gasteiger partial charge in [0.1, 0.15) is 5.82 Å². The van der Waals surface area contributed by atoms with E-state index in [9.17, 15) is 12.8 Å². The molecule has 5 nitrogen and oxygen atoms in total. The van der Waals surface area contributed by atoms with E-state index in [-0.39, 0.29) is 29.7 Å². The Morgan fingerprint density at radius 1 is 1.44 bits per heavy atom. The van der Waals surface area contributed by atoms with Crippen LogP contribution in [0.2, 0.25) is 0 Å². The number of nitrogens with one attached hydrogen (secondary N) is 1. The molecule has 0 aliphatic heterocycles. The molecule has 0 bridgehead atoms. The first-order valence-electron chi connectivity index (χ1n) is 5.51. The Bertz CT molecular complexity index is 485. The lowest BCUT2D eigenvalue weighted by Gasteiger charge is -2.12. The van der Waals surface area contributed by atoms with E-state index in [4.69, 9.17) is 10.8 Å². The average molecular weight is 276 g/mol. The summed E-state index contributed by atoms with van der Waals surface area (Å²) in [5, 5.41) is 8.71. The Morgan fingerprint density at radius 2 is 2.11 bits per heavy atom. The molecule has 7 heteroatoms. The van der Waals surface area contributed by atoms with Gasteiger partial charge in [0.15, 0.2) is 0 Å². The molecule has 0 radical (unpaired) electrons. The third-order valence-electron chi connectivity index (χ3n) is 2.45. The number of nitrogen functional groups attached to an aromatic ring is 1. The minimum absolute atomic E-state index is 0.00400. The van der Waals surface area contributed by atoms with Crippen LogP contribution in [-0.4, -0.2) is 26.7 Å². The van der Waals surface area contributed by atoms with Gasteiger partial charge in [0.05, 0.1) is 4.90 Å². The Labute approximate surface area is 106 Å². The van der Waals surface area contributed by atoms with Gasteiger partial charge in [-0.15, -0.1) is 0 Å². The van der Waals surface area contributed by atoms with Gasteiger partial charge in [-0.25, -0.2) is 17.5 Å². The van der Waals surface area contributed by atoms with Crippen molar-refractivity contribution in [2.24, 2.45) is 5.92 Å². The molecule has 0 saturated carbocycles. The summed E-state index contributed by atoms with van der Waals surface area (Å²) < 4.78 is 39.1. The average Bonchev–Trinajstić information content (AvgIpc) is 2.26. The summed E-state index contributed by atoms with van der Waals surface area (Å²) in [5.74, 6) is -0.700. The van der Waals surface area contributed by atoms with Crippen molar-refractivity contribution in [2.45, 2.75) is 18.2 Å². The summed E-state index contributed by atoms with van der Waals surface area (Å²) in [5.41, 5.74) is 5.45. The van der Waals surface area contributed by atoms with Crippen LogP contribution in [0.1, 0.15) is 13.3 Å².